The molecule has 3 amide bonds. The molecule has 1 heterocycles. The molecule has 0 bridgehead atoms. The fourth-order valence-electron chi connectivity index (χ4n) is 6.72. The molecule has 63 heavy (non-hydrogen) atoms. The average Bonchev–Trinajstić information content (AvgIpc) is 3.18. The smallest absolute Gasteiger partial charge is 0.408 e. The Labute approximate surface area is 358 Å². The maximum atomic E-state index is 13.6. The Morgan fingerprint density at radius 3 is 1.94 bits per heavy atom. The minimum Gasteiger partial charge on any atom is -0.784 e. The summed E-state index contributed by atoms with van der Waals surface area (Å²) in [6.07, 6.45) is 0.972. The number of amides is 3. The van der Waals surface area contributed by atoms with Gasteiger partial charge in [0.05, 0.1) is 24.5 Å². The van der Waals surface area contributed by atoms with Crippen molar-refractivity contribution in [3.63, 3.8) is 0 Å². The van der Waals surface area contributed by atoms with E-state index >= 15 is 0 Å². The lowest BCUT2D eigenvalue weighted by Crippen LogP contribution is -2.47. The number of fused-ring (bicyclic) bond motifs is 2. The third-order valence-electron chi connectivity index (χ3n) is 9.70. The van der Waals surface area contributed by atoms with Crippen LogP contribution in [0, 0.1) is 10.6 Å². The van der Waals surface area contributed by atoms with E-state index in [9.17, 15) is 58.9 Å². The number of nitrogens with zero attached hydrogens (tertiary/aromatic N) is 3. The van der Waals surface area contributed by atoms with Crippen LogP contribution in [-0.2, 0) is 33.6 Å². The van der Waals surface area contributed by atoms with Gasteiger partial charge >= 0.3 is 35.9 Å². The largest absolute Gasteiger partial charge is 0.784 e. The summed E-state index contributed by atoms with van der Waals surface area (Å²) in [4.78, 5) is 95.9. The predicted molar refractivity (Wildman–Crippen MR) is 221 cm³/mol. The molecule has 1 aliphatic carbocycles. The minimum absolute atomic E-state index is 0.00416. The molecule has 0 spiro atoms. The van der Waals surface area contributed by atoms with E-state index in [-0.39, 0.29) is 81.3 Å². The Kier molecular flexibility index (Phi) is 19.4. The summed E-state index contributed by atoms with van der Waals surface area (Å²) in [6.45, 7) is -3.11. The van der Waals surface area contributed by atoms with E-state index < -0.39 is 85.5 Å². The molecule has 3 unspecified atom stereocenters. The number of nitrogens with two attached hydrogens (primary N) is 1. The van der Waals surface area contributed by atoms with Crippen molar-refractivity contribution in [2.75, 3.05) is 45.0 Å². The molecule has 23 heteroatoms. The number of unbranched alkanes of at least 4 members (excludes halogenated alkanes) is 2. The van der Waals surface area contributed by atoms with Gasteiger partial charge in [0.1, 0.15) is 30.0 Å². The van der Waals surface area contributed by atoms with Crippen molar-refractivity contribution in [2.24, 2.45) is 0 Å². The lowest BCUT2D eigenvalue weighted by molar-refractivity contribution is -0.150. The summed E-state index contributed by atoms with van der Waals surface area (Å²) < 4.78 is 5.97. The highest BCUT2D eigenvalue weighted by molar-refractivity contribution is 5.95. The third-order valence-corrected chi connectivity index (χ3v) is 9.70. The number of benzene rings is 2. The molecule has 23 nitrogen and oxygen atoms in total. The van der Waals surface area contributed by atoms with Crippen LogP contribution in [0.4, 0.5) is 10.5 Å². The molecule has 11 N–H and O–H groups in total. The van der Waals surface area contributed by atoms with Gasteiger partial charge in [0.25, 0.3) is 0 Å². The maximum Gasteiger partial charge on any atom is 0.408 e. The molecule has 3 atom stereocenters. The molecule has 0 fully saturated rings. The van der Waals surface area contributed by atoms with Gasteiger partial charge in [-0.3, -0.25) is 38.6 Å². The molecular weight excluding hydrogens is 834 g/mol. The van der Waals surface area contributed by atoms with Crippen LogP contribution >= 0.6 is 0 Å². The second kappa shape index (κ2) is 24.4. The van der Waals surface area contributed by atoms with Crippen LogP contribution in [0.25, 0.3) is 28.4 Å². The zero-order valence-electron chi connectivity index (χ0n) is 33.9. The molecule has 342 valence electrons. The molecule has 1 aromatic rings. The van der Waals surface area contributed by atoms with Crippen molar-refractivity contribution in [1.29, 1.82) is 5.41 Å². The highest BCUT2D eigenvalue weighted by Gasteiger charge is 2.31. The molecule has 0 saturated carbocycles. The van der Waals surface area contributed by atoms with Crippen LogP contribution < -0.4 is 21.7 Å². The first-order valence-electron chi connectivity index (χ1n) is 19.6. The van der Waals surface area contributed by atoms with Crippen LogP contribution in [0.2, 0.25) is 0 Å². The molecule has 2 aliphatic rings. The number of rotatable bonds is 28. The Morgan fingerprint density at radius 1 is 0.746 bits per heavy atom. The van der Waals surface area contributed by atoms with E-state index in [0.717, 1.165) is 4.90 Å². The lowest BCUT2D eigenvalue weighted by Gasteiger charge is -2.35. The van der Waals surface area contributed by atoms with E-state index in [0.29, 0.717) is 38.6 Å². The number of carbonyl (C=O) groups excluding carboxylic acids is 2. The minimum atomic E-state index is -1.73. The van der Waals surface area contributed by atoms with Crippen LogP contribution in [0.3, 0.4) is 0 Å². The van der Waals surface area contributed by atoms with Crippen molar-refractivity contribution in [3.8, 4) is 11.3 Å². The van der Waals surface area contributed by atoms with Gasteiger partial charge in [0, 0.05) is 54.8 Å². The molecule has 3 rings (SSSR count). The fraction of sp³-hybridized carbons (Fsp3) is 0.425. The van der Waals surface area contributed by atoms with Crippen molar-refractivity contribution in [3.05, 3.63) is 58.6 Å². The van der Waals surface area contributed by atoms with Crippen molar-refractivity contribution in [2.45, 2.75) is 69.5 Å². The molecule has 1 aromatic carbocycles. The second-order valence-electron chi connectivity index (χ2n) is 14.4. The summed E-state index contributed by atoms with van der Waals surface area (Å²) in [5.41, 5.74) is 8.07. The topological polar surface area (TPSA) is 378 Å². The number of carboxylic acids is 5. The van der Waals surface area contributed by atoms with Crippen molar-refractivity contribution in [1.82, 2.24) is 25.5 Å². The zero-order chi connectivity index (χ0) is 46.8. The first kappa shape index (κ1) is 50.2. The van der Waals surface area contributed by atoms with Gasteiger partial charge in [-0.15, -0.1) is 0 Å². The van der Waals surface area contributed by atoms with Gasteiger partial charge in [-0.05, 0) is 74.8 Å². The molecule has 0 radical (unpaired) electrons. The molecule has 0 aromatic heterocycles. The monoisotopic (exact) mass is 884 g/mol. The summed E-state index contributed by atoms with van der Waals surface area (Å²) in [5.74, 6) is -8.31. The number of carboxylic acid groups (broad SMARTS) is 6. The number of hydroxylamine groups is 2. The van der Waals surface area contributed by atoms with Crippen LogP contribution in [0.15, 0.2) is 46.9 Å². The lowest BCUT2D eigenvalue weighted by atomic mass is 9.99. The number of aliphatic carboxylic acids is 5. The molecular formula is C40H50N7O16-. The van der Waals surface area contributed by atoms with Crippen molar-refractivity contribution < 1.29 is 73.4 Å². The van der Waals surface area contributed by atoms with E-state index in [1.54, 1.807) is 36.4 Å². The second-order valence-corrected chi connectivity index (χ2v) is 14.4. The quantitative estimate of drug-likeness (QED) is 0.0214. The Morgan fingerprint density at radius 2 is 1.35 bits per heavy atom. The van der Waals surface area contributed by atoms with Gasteiger partial charge in [-0.25, -0.2) is 9.59 Å². The standard InChI is InChI=1S/C40H50N7O16/c41-23-9-11-26-25(27-12-10-24(42)19-32(27)63-31(26)18-23)6-5-17-47(62)28(37(55)44-16-4-1-7-29(38(56)57)45(20-34(49)50)21-35(51)52)13-14-33(48)43-15-3-2-8-30(39(58)59)46(40(60)61)22-36(53)54/h5-6,9-12,18-19,28-30,41H,1-4,7-8,13-17,20-22,42H2,(H,43,48)(H,44,55)(H,49,50)(H,51,52)(H,53,54)(H,56,57)(H,58,59)(H,60,61)/q-1/b6-5+,41-23?. The highest BCUT2D eigenvalue weighted by atomic mass is 16.5. The zero-order valence-corrected chi connectivity index (χ0v) is 33.9. The van der Waals surface area contributed by atoms with Gasteiger partial charge < -0.3 is 67.1 Å². The molecule has 0 saturated heterocycles. The number of nitrogens with one attached hydrogen (secondary N) is 3. The van der Waals surface area contributed by atoms with E-state index in [1.807, 2.05) is 0 Å². The van der Waals surface area contributed by atoms with Crippen molar-refractivity contribution >= 4 is 70.5 Å². The average molecular weight is 885 g/mol. The number of nitrogen functional groups attached to an aromatic ring is 1. The first-order chi connectivity index (χ1) is 29.8. The van der Waals surface area contributed by atoms with Crippen LogP contribution in [-0.4, -0.2) is 151 Å². The van der Waals surface area contributed by atoms with E-state index in [2.05, 4.69) is 10.6 Å². The van der Waals surface area contributed by atoms with E-state index in [1.165, 1.54) is 12.1 Å². The van der Waals surface area contributed by atoms with Gasteiger partial charge in [0.15, 0.2) is 0 Å². The Hall–Kier alpha value is -7.11. The fourth-order valence-corrected chi connectivity index (χ4v) is 6.72. The van der Waals surface area contributed by atoms with Gasteiger partial charge in [-0.2, -0.15) is 0 Å². The number of hydrogen-bond donors (Lipinski definition) is 10. The maximum absolute atomic E-state index is 13.6. The first-order valence-corrected chi connectivity index (χ1v) is 19.6. The number of anilines is 1. The van der Waals surface area contributed by atoms with E-state index in [4.69, 9.17) is 30.9 Å². The summed E-state index contributed by atoms with van der Waals surface area (Å²) >= 11 is 0. The highest BCUT2D eigenvalue weighted by Crippen LogP contribution is 2.34. The Balaban J connectivity index is 1.70. The molecule has 1 aliphatic heterocycles. The summed E-state index contributed by atoms with van der Waals surface area (Å²) in [6, 6.07) is 5.26. The number of hydrogen-bond acceptors (Lipinski definition) is 14. The van der Waals surface area contributed by atoms with Gasteiger partial charge in [0.2, 0.25) is 11.8 Å². The SMILES string of the molecule is N=c1ccc2c(/C=C/CN([O-])C(CCC(=O)NCCCCC(C(=O)O)N(CC(=O)O)C(=O)O)C(=O)NCCCCC(C(=O)O)N(CC(=O)O)CC(=O)O)c3ccc(N)cc3oc-2c1. The third kappa shape index (κ3) is 16.0. The predicted octanol–water partition coefficient (Wildman–Crippen LogP) is 1.58. The normalized spacial score (nSPS) is 12.9. The van der Waals surface area contributed by atoms with Gasteiger partial charge in [-0.1, -0.05) is 12.2 Å². The van der Waals surface area contributed by atoms with Crippen LogP contribution in [0.5, 0.6) is 0 Å². The summed E-state index contributed by atoms with van der Waals surface area (Å²) in [7, 11) is 0. The summed E-state index contributed by atoms with van der Waals surface area (Å²) in [5, 5.41) is 83.8. The Bertz CT molecular complexity index is 2180. The van der Waals surface area contributed by atoms with Crippen LogP contribution in [0.1, 0.15) is 56.9 Å². The number of carbonyl (C=O) groups is 8.